The molecule has 1 aromatic heterocycles. The molecule has 5 rings (SSSR count). The Morgan fingerprint density at radius 2 is 1.62 bits per heavy atom. The molecule has 4 fully saturated rings. The molecule has 1 N–H and O–H groups in total. The number of hydrogen-bond donors (Lipinski definition) is 1. The number of nitrogens with zero attached hydrogens (tertiary/aromatic N) is 2. The Balaban J connectivity index is 1.79. The average molecular weight is 285 g/mol. The van der Waals surface area contributed by atoms with Crippen molar-refractivity contribution >= 4 is 5.82 Å². The van der Waals surface area contributed by atoms with Gasteiger partial charge in [0.2, 0.25) is 0 Å². The topological polar surface area (TPSA) is 37.8 Å². The molecule has 1 aromatic rings. The van der Waals surface area contributed by atoms with E-state index < -0.39 is 0 Å². The fourth-order valence-electron chi connectivity index (χ4n) is 5.77. The molecule has 0 aromatic carbocycles. The minimum Gasteiger partial charge on any atom is -0.373 e. The van der Waals surface area contributed by atoms with Crippen LogP contribution in [-0.2, 0) is 11.8 Å². The van der Waals surface area contributed by atoms with Crippen molar-refractivity contribution in [3.63, 3.8) is 0 Å². The van der Waals surface area contributed by atoms with Crippen LogP contribution in [0.1, 0.15) is 62.5 Å². The number of anilines is 1. The molecule has 0 amide bonds. The normalized spacial score (nSPS) is 37.0. The van der Waals surface area contributed by atoms with Gasteiger partial charge in [0.25, 0.3) is 0 Å². The third-order valence-electron chi connectivity index (χ3n) is 6.33. The first-order valence-corrected chi connectivity index (χ1v) is 8.69. The summed E-state index contributed by atoms with van der Waals surface area (Å²) in [5.41, 5.74) is 2.77. The number of nitrogens with one attached hydrogen (secondary N) is 1. The van der Waals surface area contributed by atoms with Crippen LogP contribution >= 0.6 is 0 Å². The molecule has 0 atom stereocenters. The van der Waals surface area contributed by atoms with E-state index in [-0.39, 0.29) is 0 Å². The molecule has 114 valence electrons. The van der Waals surface area contributed by atoms with E-state index in [1.54, 1.807) is 0 Å². The second-order valence-corrected chi connectivity index (χ2v) is 7.77. The fourth-order valence-corrected chi connectivity index (χ4v) is 5.77. The van der Waals surface area contributed by atoms with Gasteiger partial charge in [-0.1, -0.05) is 6.92 Å². The summed E-state index contributed by atoms with van der Waals surface area (Å²) in [4.78, 5) is 10.0. The minimum absolute atomic E-state index is 0.304. The van der Waals surface area contributed by atoms with Crippen molar-refractivity contribution in [2.24, 2.45) is 17.8 Å². The van der Waals surface area contributed by atoms with Crippen molar-refractivity contribution in [2.75, 3.05) is 12.4 Å². The Morgan fingerprint density at radius 3 is 2.10 bits per heavy atom. The van der Waals surface area contributed by atoms with Gasteiger partial charge in [0, 0.05) is 23.7 Å². The standard InChI is InChI=1S/C18H27N3/c1-4-15-11(2)16(19-3)21-17(20-15)18-8-12-5-13(9-18)7-14(6-12)10-18/h12-14H,4-10H2,1-3H3,(H,19,20,21). The molecule has 4 saturated carbocycles. The molecule has 21 heavy (non-hydrogen) atoms. The Hall–Kier alpha value is -1.12. The number of aryl methyl sites for hydroxylation is 1. The van der Waals surface area contributed by atoms with Gasteiger partial charge in [-0.2, -0.15) is 0 Å². The van der Waals surface area contributed by atoms with Crippen molar-refractivity contribution < 1.29 is 0 Å². The predicted molar refractivity (Wildman–Crippen MR) is 85.5 cm³/mol. The van der Waals surface area contributed by atoms with Gasteiger partial charge in [-0.15, -0.1) is 0 Å². The first kappa shape index (κ1) is 13.5. The maximum Gasteiger partial charge on any atom is 0.137 e. The van der Waals surface area contributed by atoms with E-state index in [4.69, 9.17) is 9.97 Å². The summed E-state index contributed by atoms with van der Waals surface area (Å²) in [6.07, 6.45) is 9.46. The van der Waals surface area contributed by atoms with Crippen molar-refractivity contribution in [1.82, 2.24) is 9.97 Å². The molecular formula is C18H27N3. The van der Waals surface area contributed by atoms with Gasteiger partial charge in [-0.25, -0.2) is 9.97 Å². The van der Waals surface area contributed by atoms with Crippen LogP contribution in [0.15, 0.2) is 0 Å². The Bertz CT molecular complexity index is 503. The zero-order valence-electron chi connectivity index (χ0n) is 13.6. The summed E-state index contributed by atoms with van der Waals surface area (Å²) in [5.74, 6) is 5.05. The highest BCUT2D eigenvalue weighted by Crippen LogP contribution is 2.60. The van der Waals surface area contributed by atoms with Gasteiger partial charge in [-0.05, 0) is 69.6 Å². The summed E-state index contributed by atoms with van der Waals surface area (Å²) in [6.45, 7) is 4.35. The number of aromatic nitrogens is 2. The molecule has 3 heteroatoms. The Morgan fingerprint density at radius 1 is 1.05 bits per heavy atom. The predicted octanol–water partition coefficient (Wildman–Crippen LogP) is 3.86. The second-order valence-electron chi connectivity index (χ2n) is 7.77. The molecule has 4 aliphatic carbocycles. The lowest BCUT2D eigenvalue weighted by Crippen LogP contribution is -2.49. The van der Waals surface area contributed by atoms with E-state index in [2.05, 4.69) is 19.2 Å². The van der Waals surface area contributed by atoms with Crippen molar-refractivity contribution in [3.05, 3.63) is 17.1 Å². The lowest BCUT2D eigenvalue weighted by atomic mass is 9.49. The third-order valence-corrected chi connectivity index (χ3v) is 6.33. The molecule has 1 heterocycles. The Labute approximate surface area is 128 Å². The van der Waals surface area contributed by atoms with Crippen molar-refractivity contribution in [2.45, 2.75) is 64.2 Å². The van der Waals surface area contributed by atoms with Crippen LogP contribution < -0.4 is 5.32 Å². The lowest BCUT2D eigenvalue weighted by molar-refractivity contribution is -0.00943. The van der Waals surface area contributed by atoms with Gasteiger partial charge in [0.05, 0.1) is 0 Å². The van der Waals surface area contributed by atoms with Crippen LogP contribution in [0.5, 0.6) is 0 Å². The van der Waals surface area contributed by atoms with Crippen molar-refractivity contribution in [3.8, 4) is 0 Å². The van der Waals surface area contributed by atoms with Gasteiger partial charge in [0.15, 0.2) is 0 Å². The van der Waals surface area contributed by atoms with Crippen LogP contribution in [0.2, 0.25) is 0 Å². The highest BCUT2D eigenvalue weighted by atomic mass is 15.0. The van der Waals surface area contributed by atoms with Crippen LogP contribution in [-0.4, -0.2) is 17.0 Å². The van der Waals surface area contributed by atoms with Gasteiger partial charge in [0.1, 0.15) is 11.6 Å². The zero-order valence-corrected chi connectivity index (χ0v) is 13.6. The largest absolute Gasteiger partial charge is 0.373 e. The fraction of sp³-hybridized carbons (Fsp3) is 0.778. The van der Waals surface area contributed by atoms with Crippen LogP contribution in [0, 0.1) is 24.7 Å². The average Bonchev–Trinajstić information content (AvgIpc) is 2.46. The molecule has 4 bridgehead atoms. The van der Waals surface area contributed by atoms with E-state index >= 15 is 0 Å². The Kier molecular flexibility index (Phi) is 3.02. The monoisotopic (exact) mass is 285 g/mol. The highest BCUT2D eigenvalue weighted by Gasteiger charge is 2.53. The summed E-state index contributed by atoms with van der Waals surface area (Å²) in [7, 11) is 1.98. The second kappa shape index (κ2) is 4.69. The summed E-state index contributed by atoms with van der Waals surface area (Å²) < 4.78 is 0. The minimum atomic E-state index is 0.304. The van der Waals surface area contributed by atoms with Gasteiger partial charge in [-0.3, -0.25) is 0 Å². The van der Waals surface area contributed by atoms with E-state index in [1.165, 1.54) is 49.8 Å². The zero-order chi connectivity index (χ0) is 14.6. The maximum absolute atomic E-state index is 5.04. The quantitative estimate of drug-likeness (QED) is 0.916. The summed E-state index contributed by atoms with van der Waals surface area (Å²) in [6, 6.07) is 0. The first-order valence-electron chi connectivity index (χ1n) is 8.69. The van der Waals surface area contributed by atoms with E-state index in [1.807, 2.05) is 7.05 Å². The van der Waals surface area contributed by atoms with E-state index in [9.17, 15) is 0 Å². The summed E-state index contributed by atoms with van der Waals surface area (Å²) >= 11 is 0. The molecule has 3 nitrogen and oxygen atoms in total. The third kappa shape index (κ3) is 2.00. The van der Waals surface area contributed by atoms with Crippen LogP contribution in [0.3, 0.4) is 0 Å². The molecule has 0 radical (unpaired) electrons. The first-order chi connectivity index (χ1) is 10.1. The van der Waals surface area contributed by atoms with Gasteiger partial charge >= 0.3 is 0 Å². The number of hydrogen-bond acceptors (Lipinski definition) is 3. The molecule has 0 unspecified atom stereocenters. The molecule has 0 spiro atoms. The van der Waals surface area contributed by atoms with Gasteiger partial charge < -0.3 is 5.32 Å². The maximum atomic E-state index is 5.04. The summed E-state index contributed by atoms with van der Waals surface area (Å²) in [5, 5.41) is 3.29. The highest BCUT2D eigenvalue weighted by molar-refractivity contribution is 5.46. The molecule has 0 aliphatic heterocycles. The smallest absolute Gasteiger partial charge is 0.137 e. The molecule has 4 aliphatic rings. The number of rotatable bonds is 3. The van der Waals surface area contributed by atoms with E-state index in [0.29, 0.717) is 5.41 Å². The van der Waals surface area contributed by atoms with Crippen LogP contribution in [0.25, 0.3) is 0 Å². The van der Waals surface area contributed by atoms with E-state index in [0.717, 1.165) is 35.8 Å². The SMILES string of the molecule is CCc1nc(C23CC4CC(CC(C4)C2)C3)nc(NC)c1C. The molecule has 0 saturated heterocycles. The molecular weight excluding hydrogens is 258 g/mol. The van der Waals surface area contributed by atoms with Crippen LogP contribution in [0.4, 0.5) is 5.82 Å². The van der Waals surface area contributed by atoms with Crippen molar-refractivity contribution in [1.29, 1.82) is 0 Å². The lowest BCUT2D eigenvalue weighted by Gasteiger charge is -2.56.